The Morgan fingerprint density at radius 1 is 0.375 bits per heavy atom. The van der Waals surface area contributed by atoms with Crippen molar-refractivity contribution in [2.45, 2.75) is 15.2 Å². The maximum Gasteiger partial charge on any atom is 0.137 e. The highest BCUT2D eigenvalue weighted by atomic mass is 32.2. The van der Waals surface area contributed by atoms with Crippen molar-refractivity contribution in [2.75, 3.05) is 4.90 Å². The Labute approximate surface area is 329 Å². The van der Waals surface area contributed by atoms with Crippen LogP contribution in [-0.2, 0) is 5.41 Å². The second-order valence-electron chi connectivity index (χ2n) is 14.8. The fraction of sp³-hybridized carbons (Fsp3) is 0.0189. The average Bonchev–Trinajstić information content (AvgIpc) is 3.76. The summed E-state index contributed by atoms with van der Waals surface area (Å²) in [6, 6.07) is 73.4. The minimum atomic E-state index is -0.505. The number of anilines is 3. The third-order valence-corrected chi connectivity index (χ3v) is 13.1. The topological polar surface area (TPSA) is 16.4 Å². The molecule has 1 aromatic heterocycles. The van der Waals surface area contributed by atoms with Gasteiger partial charge in [-0.15, -0.1) is 0 Å². The van der Waals surface area contributed by atoms with Crippen molar-refractivity contribution in [1.29, 1.82) is 0 Å². The molecule has 56 heavy (non-hydrogen) atoms. The highest BCUT2D eigenvalue weighted by Gasteiger charge is 2.50. The van der Waals surface area contributed by atoms with E-state index in [0.29, 0.717) is 0 Å². The molecule has 1 aliphatic heterocycles. The molecule has 0 saturated heterocycles. The molecule has 0 atom stereocenters. The zero-order chi connectivity index (χ0) is 36.8. The highest BCUT2D eigenvalue weighted by Crippen LogP contribution is 2.63. The Balaban J connectivity index is 1.13. The number of rotatable bonds is 4. The van der Waals surface area contributed by atoms with Gasteiger partial charge in [-0.3, -0.25) is 0 Å². The van der Waals surface area contributed by atoms with Gasteiger partial charge in [0.25, 0.3) is 0 Å². The molecule has 10 aromatic rings. The third-order valence-electron chi connectivity index (χ3n) is 11.9. The zero-order valence-electron chi connectivity index (χ0n) is 30.3. The predicted molar refractivity (Wildman–Crippen MR) is 233 cm³/mol. The molecule has 262 valence electrons. The summed E-state index contributed by atoms with van der Waals surface area (Å²) in [5.41, 5.74) is 14.7. The normalized spacial score (nSPS) is 13.4. The predicted octanol–water partition coefficient (Wildman–Crippen LogP) is 14.7. The summed E-state index contributed by atoms with van der Waals surface area (Å²) in [6.07, 6.45) is 0. The van der Waals surface area contributed by atoms with Crippen LogP contribution in [0.2, 0.25) is 0 Å². The van der Waals surface area contributed by atoms with Crippen molar-refractivity contribution in [3.63, 3.8) is 0 Å². The summed E-state index contributed by atoms with van der Waals surface area (Å²) < 4.78 is 6.49. The molecular weight excluding hydrogens is 699 g/mol. The minimum absolute atomic E-state index is 0.505. The molecule has 9 aromatic carbocycles. The largest absolute Gasteiger partial charge is 0.456 e. The summed E-state index contributed by atoms with van der Waals surface area (Å²) in [4.78, 5) is 4.99. The van der Waals surface area contributed by atoms with Crippen LogP contribution in [-0.4, -0.2) is 0 Å². The lowest BCUT2D eigenvalue weighted by atomic mass is 9.67. The first-order chi connectivity index (χ1) is 27.7. The van der Waals surface area contributed by atoms with E-state index in [4.69, 9.17) is 4.42 Å². The molecule has 1 spiro atoms. The van der Waals surface area contributed by atoms with Gasteiger partial charge >= 0.3 is 0 Å². The van der Waals surface area contributed by atoms with Gasteiger partial charge in [-0.2, -0.15) is 0 Å². The SMILES string of the molecule is c1ccc(-c2ccc(N(c3ccc4c(c3)C3(c5ccccc5Sc5ccccc53)c3cc5ccccc5cc3-4)c3ccc4c(c3)oc3ccccc34)cc2)cc1. The monoisotopic (exact) mass is 731 g/mol. The van der Waals surface area contributed by atoms with E-state index in [1.807, 2.05) is 23.9 Å². The molecule has 0 fully saturated rings. The van der Waals surface area contributed by atoms with Gasteiger partial charge in [-0.1, -0.05) is 139 Å². The molecule has 1 aliphatic carbocycles. The number of furan rings is 1. The fourth-order valence-electron chi connectivity index (χ4n) is 9.44. The van der Waals surface area contributed by atoms with Gasteiger partial charge in [0.1, 0.15) is 11.2 Å². The average molecular weight is 732 g/mol. The van der Waals surface area contributed by atoms with Crippen LogP contribution in [0.25, 0.3) is 55.0 Å². The Morgan fingerprint density at radius 2 is 0.946 bits per heavy atom. The Bertz CT molecular complexity index is 3130. The minimum Gasteiger partial charge on any atom is -0.456 e. The van der Waals surface area contributed by atoms with Crippen LogP contribution in [0, 0.1) is 0 Å². The molecule has 0 saturated carbocycles. The second-order valence-corrected chi connectivity index (χ2v) is 15.9. The zero-order valence-corrected chi connectivity index (χ0v) is 31.1. The van der Waals surface area contributed by atoms with Gasteiger partial charge < -0.3 is 9.32 Å². The van der Waals surface area contributed by atoms with Crippen LogP contribution in [0.15, 0.2) is 214 Å². The summed E-state index contributed by atoms with van der Waals surface area (Å²) >= 11 is 1.88. The van der Waals surface area contributed by atoms with Crippen LogP contribution in [0.1, 0.15) is 22.3 Å². The van der Waals surface area contributed by atoms with Crippen LogP contribution in [0.3, 0.4) is 0 Å². The number of fused-ring (bicyclic) bond motifs is 13. The molecule has 2 aliphatic rings. The van der Waals surface area contributed by atoms with Crippen LogP contribution >= 0.6 is 11.8 Å². The van der Waals surface area contributed by atoms with Crippen LogP contribution < -0.4 is 4.90 Å². The Morgan fingerprint density at radius 3 is 1.73 bits per heavy atom. The summed E-state index contributed by atoms with van der Waals surface area (Å²) in [5.74, 6) is 0. The summed E-state index contributed by atoms with van der Waals surface area (Å²) in [7, 11) is 0. The van der Waals surface area contributed by atoms with Gasteiger partial charge in [0, 0.05) is 43.7 Å². The number of para-hydroxylation sites is 1. The van der Waals surface area contributed by atoms with Crippen molar-refractivity contribution in [3.05, 3.63) is 222 Å². The molecule has 2 nitrogen and oxygen atoms in total. The van der Waals surface area contributed by atoms with E-state index in [1.54, 1.807) is 0 Å². The van der Waals surface area contributed by atoms with Gasteiger partial charge in [0.2, 0.25) is 0 Å². The van der Waals surface area contributed by atoms with Gasteiger partial charge in [-0.25, -0.2) is 0 Å². The standard InChI is InChI=1S/C53H33NOS/c1-2-12-34(13-3-1)35-22-24-38(25-23-35)54(40-27-29-43-42-16-6-9-19-49(42)55-50(43)33-40)39-26-28-41-44-30-36-14-4-5-15-37(36)31-47(44)53(48(41)32-39)45-17-7-10-20-51(45)56-52-21-11-8-18-46(52)53/h1-33H. The quantitative estimate of drug-likeness (QED) is 0.179. The maximum atomic E-state index is 6.49. The molecule has 0 unspecified atom stereocenters. The van der Waals surface area contributed by atoms with E-state index in [1.165, 1.54) is 65.1 Å². The lowest BCUT2D eigenvalue weighted by molar-refractivity contribution is 0.669. The van der Waals surface area contributed by atoms with E-state index < -0.39 is 5.41 Å². The van der Waals surface area contributed by atoms with Crippen molar-refractivity contribution in [1.82, 2.24) is 0 Å². The molecule has 2 heterocycles. The van der Waals surface area contributed by atoms with Gasteiger partial charge in [0.05, 0.1) is 5.41 Å². The van der Waals surface area contributed by atoms with E-state index in [9.17, 15) is 0 Å². The van der Waals surface area contributed by atoms with E-state index >= 15 is 0 Å². The van der Waals surface area contributed by atoms with Crippen LogP contribution in [0.5, 0.6) is 0 Å². The Hall–Kier alpha value is -6.81. The molecule has 3 heteroatoms. The van der Waals surface area contributed by atoms with E-state index in [0.717, 1.165) is 39.0 Å². The molecular formula is C53H33NOS. The Kier molecular flexibility index (Phi) is 6.81. The molecule has 0 N–H and O–H groups in total. The van der Waals surface area contributed by atoms with E-state index in [-0.39, 0.29) is 0 Å². The number of hydrogen-bond acceptors (Lipinski definition) is 3. The third kappa shape index (κ3) is 4.52. The van der Waals surface area contributed by atoms with E-state index in [2.05, 4.69) is 193 Å². The first kappa shape index (κ1) is 31.5. The van der Waals surface area contributed by atoms with Crippen molar-refractivity contribution in [2.24, 2.45) is 0 Å². The van der Waals surface area contributed by atoms with Gasteiger partial charge in [-0.05, 0) is 122 Å². The van der Waals surface area contributed by atoms with Gasteiger partial charge in [0.15, 0.2) is 0 Å². The van der Waals surface area contributed by atoms with Crippen molar-refractivity contribution >= 4 is 61.5 Å². The van der Waals surface area contributed by atoms with Crippen molar-refractivity contribution < 1.29 is 4.42 Å². The number of hydrogen-bond donors (Lipinski definition) is 0. The molecule has 0 amide bonds. The smallest absolute Gasteiger partial charge is 0.137 e. The molecule has 0 radical (unpaired) electrons. The maximum absolute atomic E-state index is 6.49. The fourth-order valence-corrected chi connectivity index (χ4v) is 10.6. The first-order valence-corrected chi connectivity index (χ1v) is 20.0. The first-order valence-electron chi connectivity index (χ1n) is 19.2. The highest BCUT2D eigenvalue weighted by molar-refractivity contribution is 7.99. The van der Waals surface area contributed by atoms with Crippen LogP contribution in [0.4, 0.5) is 17.1 Å². The number of nitrogens with zero attached hydrogens (tertiary/aromatic N) is 1. The van der Waals surface area contributed by atoms with Crippen molar-refractivity contribution in [3.8, 4) is 22.3 Å². The molecule has 0 bridgehead atoms. The summed E-state index contributed by atoms with van der Waals surface area (Å²) in [6.45, 7) is 0. The second kappa shape index (κ2) is 12.1. The molecule has 12 rings (SSSR count). The lowest BCUT2D eigenvalue weighted by Gasteiger charge is -2.40. The lowest BCUT2D eigenvalue weighted by Crippen LogP contribution is -2.32. The summed E-state index contributed by atoms with van der Waals surface area (Å²) in [5, 5.41) is 4.76. The number of benzene rings is 9.